The Bertz CT molecular complexity index is 1420. The standard InChI is InChI=1S/C21H19ClF2N4O5S/c1-33-20(30)21(4-5-21)9-28(10-34(25,31)32)15-3-2-14(23)16(17(15)24)18(29)13-8-27-19-12(13)6-11(22)7-26-19/h2-3,6-8H,4-5,9-10H2,1H3,(H,26,27)(H2,25,31,32). The number of aromatic nitrogens is 2. The Morgan fingerprint density at radius 2 is 2.03 bits per heavy atom. The minimum atomic E-state index is -4.18. The van der Waals surface area contributed by atoms with Crippen LogP contribution in [0.5, 0.6) is 0 Å². The molecule has 0 atom stereocenters. The molecule has 2 aromatic heterocycles. The first-order chi connectivity index (χ1) is 16.0. The summed E-state index contributed by atoms with van der Waals surface area (Å²) in [5.41, 5.74) is -2.14. The number of primary sulfonamides is 1. The number of nitrogens with zero attached hydrogens (tertiary/aromatic N) is 2. The molecule has 0 amide bonds. The van der Waals surface area contributed by atoms with Crippen LogP contribution < -0.4 is 10.0 Å². The number of nitrogens with one attached hydrogen (secondary N) is 1. The molecular formula is C21H19ClF2N4O5S. The maximum Gasteiger partial charge on any atom is 0.313 e. The number of hydrogen-bond donors (Lipinski definition) is 2. The van der Waals surface area contributed by atoms with Crippen LogP contribution in [-0.4, -0.2) is 49.7 Å². The van der Waals surface area contributed by atoms with Crippen LogP contribution in [0.2, 0.25) is 5.02 Å². The molecule has 3 aromatic rings. The Morgan fingerprint density at radius 1 is 1.32 bits per heavy atom. The summed E-state index contributed by atoms with van der Waals surface area (Å²) in [4.78, 5) is 33.1. The molecule has 13 heteroatoms. The number of aromatic amines is 1. The predicted molar refractivity (Wildman–Crippen MR) is 120 cm³/mol. The van der Waals surface area contributed by atoms with E-state index in [1.54, 1.807) is 0 Å². The molecule has 3 N–H and O–H groups in total. The van der Waals surface area contributed by atoms with Crippen molar-refractivity contribution in [2.45, 2.75) is 12.8 Å². The van der Waals surface area contributed by atoms with Crippen LogP contribution in [0.3, 0.4) is 0 Å². The number of nitrogens with two attached hydrogens (primary N) is 1. The molecule has 0 aliphatic heterocycles. The van der Waals surface area contributed by atoms with Crippen molar-refractivity contribution < 1.29 is 31.5 Å². The molecule has 0 bridgehead atoms. The van der Waals surface area contributed by atoms with Crippen LogP contribution in [0.1, 0.15) is 28.8 Å². The molecule has 0 spiro atoms. The van der Waals surface area contributed by atoms with Gasteiger partial charge < -0.3 is 14.6 Å². The summed E-state index contributed by atoms with van der Waals surface area (Å²) in [6.45, 7) is -0.251. The van der Waals surface area contributed by atoms with Gasteiger partial charge >= 0.3 is 5.97 Å². The Kier molecular flexibility index (Phi) is 6.08. The van der Waals surface area contributed by atoms with Crippen LogP contribution in [0, 0.1) is 17.0 Å². The van der Waals surface area contributed by atoms with Gasteiger partial charge in [-0.2, -0.15) is 0 Å². The van der Waals surface area contributed by atoms with Gasteiger partial charge in [-0.1, -0.05) is 11.6 Å². The fourth-order valence-electron chi connectivity index (χ4n) is 3.87. The smallest absolute Gasteiger partial charge is 0.313 e. The molecule has 1 aromatic carbocycles. The number of anilines is 1. The van der Waals surface area contributed by atoms with E-state index in [9.17, 15) is 22.4 Å². The lowest BCUT2D eigenvalue weighted by Gasteiger charge is -2.28. The maximum atomic E-state index is 15.7. The third-order valence-corrected chi connectivity index (χ3v) is 6.56. The van der Waals surface area contributed by atoms with Crippen molar-refractivity contribution in [2.75, 3.05) is 24.4 Å². The van der Waals surface area contributed by atoms with E-state index >= 15 is 4.39 Å². The van der Waals surface area contributed by atoms with Gasteiger partial charge in [-0.15, -0.1) is 0 Å². The number of ketones is 1. The summed E-state index contributed by atoms with van der Waals surface area (Å²) in [5, 5.41) is 5.65. The summed E-state index contributed by atoms with van der Waals surface area (Å²) < 4.78 is 58.9. The topological polar surface area (TPSA) is 135 Å². The lowest BCUT2D eigenvalue weighted by atomic mass is 10.0. The van der Waals surface area contributed by atoms with Gasteiger partial charge in [-0.05, 0) is 31.0 Å². The lowest BCUT2D eigenvalue weighted by Crippen LogP contribution is -2.41. The summed E-state index contributed by atoms with van der Waals surface area (Å²) in [6.07, 6.45) is 3.37. The Labute approximate surface area is 197 Å². The molecule has 1 fully saturated rings. The number of carbonyl (C=O) groups is 2. The average Bonchev–Trinajstić information content (AvgIpc) is 3.42. The summed E-state index contributed by atoms with van der Waals surface area (Å²) in [7, 11) is -3.00. The number of methoxy groups -OCH3 is 1. The minimum Gasteiger partial charge on any atom is -0.469 e. The molecule has 1 saturated carbocycles. The molecule has 1 aliphatic rings. The zero-order valence-corrected chi connectivity index (χ0v) is 19.3. The second-order valence-corrected chi connectivity index (χ2v) is 10.1. The Morgan fingerprint density at radius 3 is 2.65 bits per heavy atom. The lowest BCUT2D eigenvalue weighted by molar-refractivity contribution is -0.146. The van der Waals surface area contributed by atoms with E-state index in [-0.39, 0.29) is 28.2 Å². The molecule has 0 radical (unpaired) electrons. The number of fused-ring (bicyclic) bond motifs is 1. The highest BCUT2D eigenvalue weighted by molar-refractivity contribution is 7.89. The van der Waals surface area contributed by atoms with Gasteiger partial charge in [-0.25, -0.2) is 27.3 Å². The molecule has 4 rings (SSSR count). The van der Waals surface area contributed by atoms with Gasteiger partial charge in [0.1, 0.15) is 17.3 Å². The van der Waals surface area contributed by atoms with Crippen molar-refractivity contribution in [3.05, 3.63) is 58.4 Å². The normalized spacial score (nSPS) is 14.7. The number of H-pyrrole nitrogens is 1. The monoisotopic (exact) mass is 512 g/mol. The highest BCUT2D eigenvalue weighted by atomic mass is 35.5. The zero-order chi connectivity index (χ0) is 24.8. The summed E-state index contributed by atoms with van der Waals surface area (Å²) in [5.74, 6) is -4.90. The van der Waals surface area contributed by atoms with Crippen molar-refractivity contribution in [2.24, 2.45) is 10.6 Å². The van der Waals surface area contributed by atoms with Gasteiger partial charge in [0.05, 0.1) is 28.8 Å². The second-order valence-electron chi connectivity index (χ2n) is 8.10. The molecule has 0 unspecified atom stereocenters. The number of hydrogen-bond acceptors (Lipinski definition) is 7. The Hall–Kier alpha value is -3.09. The number of ether oxygens (including phenoxy) is 1. The van der Waals surface area contributed by atoms with Crippen molar-refractivity contribution in [1.82, 2.24) is 9.97 Å². The van der Waals surface area contributed by atoms with Crippen LogP contribution in [0.25, 0.3) is 11.0 Å². The molecule has 2 heterocycles. The summed E-state index contributed by atoms with van der Waals surface area (Å²) >= 11 is 5.94. The third kappa shape index (κ3) is 4.48. The first-order valence-electron chi connectivity index (χ1n) is 9.95. The van der Waals surface area contributed by atoms with E-state index in [1.807, 2.05) is 0 Å². The van der Waals surface area contributed by atoms with Crippen LogP contribution in [-0.2, 0) is 19.6 Å². The number of halogens is 3. The van der Waals surface area contributed by atoms with E-state index in [0.717, 1.165) is 17.0 Å². The number of pyridine rings is 1. The van der Waals surface area contributed by atoms with Crippen molar-refractivity contribution in [3.63, 3.8) is 0 Å². The zero-order valence-electron chi connectivity index (χ0n) is 17.8. The molecule has 1 aliphatic carbocycles. The van der Waals surface area contributed by atoms with Gasteiger partial charge in [0, 0.05) is 29.9 Å². The molecule has 0 saturated heterocycles. The van der Waals surface area contributed by atoms with Gasteiger partial charge in [-0.3, -0.25) is 9.59 Å². The first-order valence-corrected chi connectivity index (χ1v) is 12.0. The van der Waals surface area contributed by atoms with Crippen LogP contribution >= 0.6 is 11.6 Å². The van der Waals surface area contributed by atoms with Gasteiger partial charge in [0.15, 0.2) is 5.82 Å². The first kappa shape index (κ1) is 24.0. The van der Waals surface area contributed by atoms with Crippen molar-refractivity contribution in [1.29, 1.82) is 0 Å². The van der Waals surface area contributed by atoms with Gasteiger partial charge in [0.25, 0.3) is 0 Å². The number of esters is 1. The minimum absolute atomic E-state index is 0.0776. The fraction of sp³-hybridized carbons (Fsp3) is 0.286. The molecule has 180 valence electrons. The van der Waals surface area contributed by atoms with Crippen LogP contribution in [0.15, 0.2) is 30.6 Å². The van der Waals surface area contributed by atoms with E-state index in [4.69, 9.17) is 21.5 Å². The SMILES string of the molecule is COC(=O)C1(CN(CS(N)(=O)=O)c2ccc(F)c(C(=O)c3c[nH]c4ncc(Cl)cc34)c2F)CC1. The van der Waals surface area contributed by atoms with E-state index in [1.165, 1.54) is 25.6 Å². The average molecular weight is 513 g/mol. The predicted octanol–water partition coefficient (Wildman–Crippen LogP) is 2.73. The van der Waals surface area contributed by atoms with Crippen molar-refractivity contribution >= 4 is 50.1 Å². The number of benzene rings is 1. The van der Waals surface area contributed by atoms with Crippen LogP contribution in [0.4, 0.5) is 14.5 Å². The quantitative estimate of drug-likeness (QED) is 0.350. The molecular weight excluding hydrogens is 494 g/mol. The van der Waals surface area contributed by atoms with E-state index < -0.39 is 56.0 Å². The fourth-order valence-corrected chi connectivity index (χ4v) is 4.69. The number of carbonyl (C=O) groups excluding carboxylic acids is 2. The largest absolute Gasteiger partial charge is 0.469 e. The maximum absolute atomic E-state index is 15.7. The number of sulfonamides is 1. The second kappa shape index (κ2) is 8.60. The Balaban J connectivity index is 1.80. The van der Waals surface area contributed by atoms with E-state index in [0.29, 0.717) is 12.8 Å². The van der Waals surface area contributed by atoms with Gasteiger partial charge in [0.2, 0.25) is 15.8 Å². The summed E-state index contributed by atoms with van der Waals surface area (Å²) in [6, 6.07) is 3.26. The number of rotatable bonds is 8. The third-order valence-electron chi connectivity index (χ3n) is 5.68. The molecule has 34 heavy (non-hydrogen) atoms. The molecule has 9 nitrogen and oxygen atoms in total. The van der Waals surface area contributed by atoms with Crippen molar-refractivity contribution in [3.8, 4) is 0 Å². The highest BCUT2D eigenvalue weighted by Crippen LogP contribution is 2.48. The van der Waals surface area contributed by atoms with E-state index in [2.05, 4.69) is 9.97 Å². The highest BCUT2D eigenvalue weighted by Gasteiger charge is 2.52.